The Hall–Kier alpha value is -2.14. The average Bonchev–Trinajstić information content (AvgIpc) is 3.13. The molecule has 2 aliphatic rings. The van der Waals surface area contributed by atoms with Crippen LogP contribution in [0.5, 0.6) is 0 Å². The minimum Gasteiger partial charge on any atom is -0.481 e. The van der Waals surface area contributed by atoms with Gasteiger partial charge < -0.3 is 14.7 Å². The number of fused-ring (bicyclic) bond motifs is 2. The monoisotopic (exact) mass is 555 g/mol. The third-order valence-corrected chi connectivity index (χ3v) is 8.61. The molecule has 226 valence electrons. The highest BCUT2D eigenvalue weighted by Crippen LogP contribution is 2.33. The number of allylic oxidation sites excluding steroid dienone is 2. The first kappa shape index (κ1) is 34.1. The molecule has 3 unspecified atom stereocenters. The molecule has 2 bridgehead atoms. The van der Waals surface area contributed by atoms with E-state index in [0.29, 0.717) is 12.0 Å². The van der Waals surface area contributed by atoms with E-state index in [0.717, 1.165) is 31.3 Å². The number of esters is 1. The average molecular weight is 556 g/mol. The summed E-state index contributed by atoms with van der Waals surface area (Å²) in [6, 6.07) is 10.8. The van der Waals surface area contributed by atoms with E-state index < -0.39 is 11.9 Å². The summed E-state index contributed by atoms with van der Waals surface area (Å²) in [5, 5.41) is 9.36. The Bertz CT molecular complexity index is 808. The predicted molar refractivity (Wildman–Crippen MR) is 166 cm³/mol. The second-order valence-corrected chi connectivity index (χ2v) is 11.8. The van der Waals surface area contributed by atoms with E-state index in [1.54, 1.807) is 24.3 Å². The number of rotatable bonds is 19. The van der Waals surface area contributed by atoms with Crippen molar-refractivity contribution in [2.75, 3.05) is 13.7 Å². The molecular formula is C35H57NO4. The van der Waals surface area contributed by atoms with Gasteiger partial charge in [-0.15, -0.1) is 0 Å². The largest absolute Gasteiger partial charge is 0.481 e. The van der Waals surface area contributed by atoms with Crippen LogP contribution in [0.15, 0.2) is 42.5 Å². The smallest absolute Gasteiger partial charge is 0.314 e. The van der Waals surface area contributed by atoms with Crippen LogP contribution in [0.1, 0.15) is 140 Å². The number of hydrogen-bond acceptors (Lipinski definition) is 4. The second kappa shape index (κ2) is 21.6. The highest BCUT2D eigenvalue weighted by Gasteiger charge is 2.33. The highest BCUT2D eigenvalue weighted by atomic mass is 16.5. The Morgan fingerprint density at radius 2 is 1.40 bits per heavy atom. The molecule has 2 heterocycles. The molecule has 0 aromatic heterocycles. The fraction of sp³-hybridized carbons (Fsp3) is 0.714. The molecule has 1 aromatic rings. The predicted octanol–water partition coefficient (Wildman–Crippen LogP) is 9.07. The van der Waals surface area contributed by atoms with Gasteiger partial charge in [0.15, 0.2) is 0 Å². The van der Waals surface area contributed by atoms with Crippen molar-refractivity contribution in [2.24, 2.45) is 0 Å². The van der Waals surface area contributed by atoms with Gasteiger partial charge in [-0.3, -0.25) is 9.59 Å². The zero-order chi connectivity index (χ0) is 28.8. The fourth-order valence-corrected chi connectivity index (χ4v) is 5.96. The van der Waals surface area contributed by atoms with Crippen LogP contribution >= 0.6 is 0 Å². The maximum Gasteiger partial charge on any atom is 0.314 e. The van der Waals surface area contributed by atoms with Crippen molar-refractivity contribution in [1.29, 1.82) is 0 Å². The van der Waals surface area contributed by atoms with E-state index in [1.807, 2.05) is 6.07 Å². The van der Waals surface area contributed by atoms with Gasteiger partial charge in [-0.1, -0.05) is 107 Å². The molecular weight excluding hydrogens is 498 g/mol. The summed E-state index contributed by atoms with van der Waals surface area (Å²) in [7, 11) is 2.29. The molecule has 0 spiro atoms. The molecule has 0 saturated carbocycles. The van der Waals surface area contributed by atoms with Crippen molar-refractivity contribution in [3.8, 4) is 0 Å². The zero-order valence-corrected chi connectivity index (χ0v) is 25.5. The van der Waals surface area contributed by atoms with Gasteiger partial charge in [0.2, 0.25) is 0 Å². The third-order valence-electron chi connectivity index (χ3n) is 8.61. The number of piperidine rings is 1. The molecule has 0 amide bonds. The first-order chi connectivity index (χ1) is 19.5. The zero-order valence-electron chi connectivity index (χ0n) is 25.5. The molecule has 0 aliphatic carbocycles. The Morgan fingerprint density at radius 1 is 0.850 bits per heavy atom. The van der Waals surface area contributed by atoms with Crippen LogP contribution in [0, 0.1) is 0 Å². The Balaban J connectivity index is 0.000000515. The molecule has 1 aromatic carbocycles. The van der Waals surface area contributed by atoms with Crippen LogP contribution in [0.25, 0.3) is 0 Å². The number of carboxylic acids is 1. The summed E-state index contributed by atoms with van der Waals surface area (Å²) in [6.07, 6.45) is 28.2. The van der Waals surface area contributed by atoms with Crippen molar-refractivity contribution < 1.29 is 19.4 Å². The van der Waals surface area contributed by atoms with E-state index in [1.165, 1.54) is 96.3 Å². The summed E-state index contributed by atoms with van der Waals surface area (Å²) in [4.78, 5) is 25.9. The summed E-state index contributed by atoms with van der Waals surface area (Å²) in [5.74, 6) is -2.08. The molecule has 2 aliphatic heterocycles. The molecule has 1 N–H and O–H groups in total. The van der Waals surface area contributed by atoms with Gasteiger partial charge >= 0.3 is 11.9 Å². The molecule has 3 atom stereocenters. The summed E-state index contributed by atoms with van der Waals surface area (Å²) in [5.41, 5.74) is 0.658. The summed E-state index contributed by atoms with van der Waals surface area (Å²) in [6.45, 7) is 2.14. The Kier molecular flexibility index (Phi) is 18.4. The number of nitrogens with zero attached hydrogens (tertiary/aromatic N) is 1. The number of hydrogen-bond donors (Lipinski definition) is 1. The van der Waals surface area contributed by atoms with Crippen LogP contribution in [0.4, 0.5) is 0 Å². The van der Waals surface area contributed by atoms with Gasteiger partial charge in [-0.05, 0) is 70.4 Å². The van der Waals surface area contributed by atoms with Crippen LogP contribution in [0.3, 0.4) is 0 Å². The van der Waals surface area contributed by atoms with Gasteiger partial charge in [-0.2, -0.15) is 0 Å². The maximum absolute atomic E-state index is 11.9. The lowest BCUT2D eigenvalue weighted by atomic mass is 10.0. The van der Waals surface area contributed by atoms with E-state index in [2.05, 4.69) is 31.0 Å². The number of carboxylic acid groups (broad SMARTS) is 1. The van der Waals surface area contributed by atoms with E-state index >= 15 is 0 Å². The van der Waals surface area contributed by atoms with Crippen molar-refractivity contribution >= 4 is 11.9 Å². The van der Waals surface area contributed by atoms with Gasteiger partial charge in [0.05, 0.1) is 0 Å². The van der Waals surface area contributed by atoms with Crippen molar-refractivity contribution in [1.82, 2.24) is 4.90 Å². The van der Waals surface area contributed by atoms with E-state index in [4.69, 9.17) is 4.74 Å². The standard InChI is InChI=1S/C27H42O4.C8H15N/c1-2-3-4-5-6-7-8-9-10-11-12-13-14-15-19-22-26(28)31-23-25(27(29)30)24-20-17-16-18-21-24;1-9-7-3-2-4-8(9)6-5-7/h7-8,16-18,20-21,25H,2-6,9-15,19,22-23H2,1H3,(H,29,30);7-8H,2-6H2,1H3/b8-7+;. The molecule has 5 heteroatoms. The molecule has 5 nitrogen and oxygen atoms in total. The summed E-state index contributed by atoms with van der Waals surface area (Å²) < 4.78 is 5.21. The number of carbonyl (C=O) groups excluding carboxylic acids is 1. The van der Waals surface area contributed by atoms with Crippen LogP contribution in [0.2, 0.25) is 0 Å². The lowest BCUT2D eigenvalue weighted by Crippen LogP contribution is -2.35. The minimum absolute atomic E-state index is 0.106. The molecule has 2 saturated heterocycles. The highest BCUT2D eigenvalue weighted by molar-refractivity contribution is 5.77. The van der Waals surface area contributed by atoms with Crippen molar-refractivity contribution in [3.63, 3.8) is 0 Å². The molecule has 2 fully saturated rings. The van der Waals surface area contributed by atoms with Gasteiger partial charge in [0, 0.05) is 18.5 Å². The Morgan fingerprint density at radius 3 is 1.95 bits per heavy atom. The quantitative estimate of drug-likeness (QED) is 0.105. The van der Waals surface area contributed by atoms with Crippen LogP contribution in [-0.2, 0) is 14.3 Å². The SMILES string of the molecule is CCCCCC/C=C/CCCCCCCCCC(=O)OCC(C(=O)O)c1ccccc1.CN1C2CCCC1CC2. The maximum atomic E-state index is 11.9. The van der Waals surface area contributed by atoms with Crippen LogP contribution < -0.4 is 0 Å². The first-order valence-electron chi connectivity index (χ1n) is 16.3. The Labute approximate surface area is 244 Å². The van der Waals surface area contributed by atoms with Gasteiger partial charge in [0.25, 0.3) is 0 Å². The normalized spacial score (nSPS) is 19.2. The van der Waals surface area contributed by atoms with Gasteiger partial charge in [0.1, 0.15) is 12.5 Å². The number of unbranched alkanes of at least 4 members (excludes halogenated alkanes) is 11. The summed E-state index contributed by atoms with van der Waals surface area (Å²) >= 11 is 0. The number of aliphatic carboxylic acids is 1. The lowest BCUT2D eigenvalue weighted by molar-refractivity contribution is -0.148. The topological polar surface area (TPSA) is 66.8 Å². The minimum atomic E-state index is -0.971. The van der Waals surface area contributed by atoms with Crippen LogP contribution in [-0.4, -0.2) is 47.7 Å². The number of benzene rings is 1. The fourth-order valence-electron chi connectivity index (χ4n) is 5.96. The van der Waals surface area contributed by atoms with Crippen molar-refractivity contribution in [2.45, 2.75) is 147 Å². The molecule has 0 radical (unpaired) electrons. The van der Waals surface area contributed by atoms with Gasteiger partial charge in [-0.25, -0.2) is 0 Å². The molecule has 40 heavy (non-hydrogen) atoms. The number of carbonyl (C=O) groups is 2. The first-order valence-corrected chi connectivity index (χ1v) is 16.3. The third kappa shape index (κ3) is 14.5. The van der Waals surface area contributed by atoms with E-state index in [9.17, 15) is 14.7 Å². The molecule has 3 rings (SSSR count). The number of ether oxygens (including phenoxy) is 1. The lowest BCUT2D eigenvalue weighted by Gasteiger charge is -2.30. The van der Waals surface area contributed by atoms with E-state index in [-0.39, 0.29) is 12.6 Å². The van der Waals surface area contributed by atoms with Crippen molar-refractivity contribution in [3.05, 3.63) is 48.0 Å². The second-order valence-electron chi connectivity index (χ2n) is 11.8.